The predicted octanol–water partition coefficient (Wildman–Crippen LogP) is 2.97. The zero-order chi connectivity index (χ0) is 15.3. The maximum atomic E-state index is 6.54. The first-order valence-electron chi connectivity index (χ1n) is 8.10. The molecule has 1 aliphatic heterocycles. The summed E-state index contributed by atoms with van der Waals surface area (Å²) >= 11 is 6.54. The minimum atomic E-state index is 0.246. The molecule has 0 aliphatic carbocycles. The van der Waals surface area contributed by atoms with Crippen LogP contribution in [0.15, 0.2) is 0 Å². The van der Waals surface area contributed by atoms with Crippen LogP contribution in [0.5, 0.6) is 0 Å². The summed E-state index contributed by atoms with van der Waals surface area (Å²) in [6, 6.07) is 0. The van der Waals surface area contributed by atoms with Gasteiger partial charge in [0.2, 0.25) is 0 Å². The highest BCUT2D eigenvalue weighted by Crippen LogP contribution is 2.36. The van der Waals surface area contributed by atoms with Gasteiger partial charge in [-0.2, -0.15) is 5.10 Å². The zero-order valence-corrected chi connectivity index (χ0v) is 14.3. The van der Waals surface area contributed by atoms with E-state index >= 15 is 0 Å². The first-order valence-corrected chi connectivity index (χ1v) is 8.48. The molecule has 21 heavy (non-hydrogen) atoms. The van der Waals surface area contributed by atoms with Crippen molar-refractivity contribution in [1.29, 1.82) is 0 Å². The maximum absolute atomic E-state index is 6.54. The van der Waals surface area contributed by atoms with Gasteiger partial charge in [-0.3, -0.25) is 4.68 Å². The number of rotatable bonds is 7. The fourth-order valence-corrected chi connectivity index (χ4v) is 3.48. The Morgan fingerprint density at radius 2 is 2.05 bits per heavy atom. The van der Waals surface area contributed by atoms with Crippen molar-refractivity contribution in [2.45, 2.75) is 46.0 Å². The molecule has 4 nitrogen and oxygen atoms in total. The topological polar surface area (TPSA) is 39.1 Å². The van der Waals surface area contributed by atoms with Crippen LogP contribution in [0.4, 0.5) is 0 Å². The van der Waals surface area contributed by atoms with Crippen LogP contribution in [0.1, 0.15) is 44.5 Å². The summed E-state index contributed by atoms with van der Waals surface area (Å²) in [6.07, 6.45) is 5.21. The molecule has 1 aromatic rings. The van der Waals surface area contributed by atoms with Crippen LogP contribution in [-0.4, -0.2) is 36.1 Å². The van der Waals surface area contributed by atoms with E-state index in [4.69, 9.17) is 16.3 Å². The van der Waals surface area contributed by atoms with Gasteiger partial charge >= 0.3 is 0 Å². The Balaban J connectivity index is 2.16. The molecule has 0 spiro atoms. The molecule has 0 bridgehead atoms. The van der Waals surface area contributed by atoms with Crippen molar-refractivity contribution in [2.24, 2.45) is 12.5 Å². The second-order valence-corrected chi connectivity index (χ2v) is 6.53. The Hall–Kier alpha value is -0.580. The number of hydrogen-bond acceptors (Lipinski definition) is 3. The summed E-state index contributed by atoms with van der Waals surface area (Å²) in [4.78, 5) is 0. The predicted molar refractivity (Wildman–Crippen MR) is 86.9 cm³/mol. The smallest absolute Gasteiger partial charge is 0.0849 e. The number of nitrogens with zero attached hydrogens (tertiary/aromatic N) is 2. The van der Waals surface area contributed by atoms with Crippen LogP contribution in [0, 0.1) is 5.41 Å². The van der Waals surface area contributed by atoms with E-state index in [0.717, 1.165) is 62.7 Å². The highest BCUT2D eigenvalue weighted by molar-refractivity contribution is 6.31. The lowest BCUT2D eigenvalue weighted by Gasteiger charge is -2.37. The standard InChI is InChI=1S/C16H28ClN3O/c1-4-8-18-12-16(6-9-21-10-7-16)11-14-15(17)13(5-2)19-20(14)3/h18H,4-12H2,1-3H3. The van der Waals surface area contributed by atoms with Gasteiger partial charge in [-0.05, 0) is 44.1 Å². The summed E-state index contributed by atoms with van der Waals surface area (Å²) in [5.74, 6) is 0. The molecule has 2 heterocycles. The van der Waals surface area contributed by atoms with Crippen molar-refractivity contribution in [2.75, 3.05) is 26.3 Å². The normalized spacial score (nSPS) is 18.1. The molecule has 0 radical (unpaired) electrons. The summed E-state index contributed by atoms with van der Waals surface area (Å²) in [7, 11) is 2.01. The molecule has 1 aromatic heterocycles. The molecule has 0 unspecified atom stereocenters. The fourth-order valence-electron chi connectivity index (χ4n) is 3.12. The van der Waals surface area contributed by atoms with Crippen molar-refractivity contribution < 1.29 is 4.74 Å². The van der Waals surface area contributed by atoms with Gasteiger partial charge in [-0.15, -0.1) is 0 Å². The number of aryl methyl sites for hydroxylation is 2. The van der Waals surface area contributed by atoms with Gasteiger partial charge in [0.25, 0.3) is 0 Å². The fraction of sp³-hybridized carbons (Fsp3) is 0.812. The lowest BCUT2D eigenvalue weighted by atomic mass is 9.76. The first-order chi connectivity index (χ1) is 10.1. The first kappa shape index (κ1) is 16.8. The van der Waals surface area contributed by atoms with E-state index in [1.165, 1.54) is 12.1 Å². The van der Waals surface area contributed by atoms with Gasteiger partial charge in [0.1, 0.15) is 0 Å². The van der Waals surface area contributed by atoms with Crippen LogP contribution >= 0.6 is 11.6 Å². The quantitative estimate of drug-likeness (QED) is 0.787. The van der Waals surface area contributed by atoms with Crippen molar-refractivity contribution in [3.63, 3.8) is 0 Å². The van der Waals surface area contributed by atoms with Gasteiger partial charge in [-0.25, -0.2) is 0 Å². The molecule has 1 fully saturated rings. The second-order valence-electron chi connectivity index (χ2n) is 6.15. The molecule has 2 rings (SSSR count). The summed E-state index contributed by atoms with van der Waals surface area (Å²) < 4.78 is 7.54. The Bertz CT molecular complexity index is 453. The Labute approximate surface area is 133 Å². The Morgan fingerprint density at radius 1 is 1.33 bits per heavy atom. The van der Waals surface area contributed by atoms with E-state index in [1.54, 1.807) is 0 Å². The van der Waals surface area contributed by atoms with Crippen LogP contribution in [0.3, 0.4) is 0 Å². The molecule has 0 atom stereocenters. The molecule has 120 valence electrons. The number of ether oxygens (including phenoxy) is 1. The maximum Gasteiger partial charge on any atom is 0.0849 e. The van der Waals surface area contributed by atoms with Crippen LogP contribution in [0.2, 0.25) is 5.02 Å². The van der Waals surface area contributed by atoms with E-state index in [2.05, 4.69) is 24.3 Å². The van der Waals surface area contributed by atoms with E-state index in [9.17, 15) is 0 Å². The molecule has 1 N–H and O–H groups in total. The third kappa shape index (κ3) is 3.99. The number of halogens is 1. The van der Waals surface area contributed by atoms with E-state index in [1.807, 2.05) is 11.7 Å². The van der Waals surface area contributed by atoms with Crippen molar-refractivity contribution in [1.82, 2.24) is 15.1 Å². The van der Waals surface area contributed by atoms with E-state index in [-0.39, 0.29) is 5.41 Å². The molecular formula is C16H28ClN3O. The van der Waals surface area contributed by atoms with Gasteiger partial charge in [-0.1, -0.05) is 25.4 Å². The van der Waals surface area contributed by atoms with Crippen molar-refractivity contribution >= 4 is 11.6 Å². The molecule has 0 saturated carbocycles. The van der Waals surface area contributed by atoms with Gasteiger partial charge in [0.05, 0.1) is 16.4 Å². The molecule has 1 aliphatic rings. The van der Waals surface area contributed by atoms with E-state index < -0.39 is 0 Å². The summed E-state index contributed by atoms with van der Waals surface area (Å²) in [5.41, 5.74) is 2.43. The van der Waals surface area contributed by atoms with Crippen molar-refractivity contribution in [3.8, 4) is 0 Å². The van der Waals surface area contributed by atoms with E-state index in [0.29, 0.717) is 0 Å². The molecule has 5 heteroatoms. The van der Waals surface area contributed by atoms with Crippen LogP contribution in [-0.2, 0) is 24.6 Å². The molecular weight excluding hydrogens is 286 g/mol. The van der Waals surface area contributed by atoms with Crippen LogP contribution in [0.25, 0.3) is 0 Å². The lowest BCUT2D eigenvalue weighted by Crippen LogP contribution is -2.41. The Kier molecular flexibility index (Phi) is 6.08. The minimum absolute atomic E-state index is 0.246. The molecule has 0 aromatic carbocycles. The highest BCUT2D eigenvalue weighted by atomic mass is 35.5. The highest BCUT2D eigenvalue weighted by Gasteiger charge is 2.34. The Morgan fingerprint density at radius 3 is 2.62 bits per heavy atom. The average molecular weight is 314 g/mol. The van der Waals surface area contributed by atoms with Crippen LogP contribution < -0.4 is 5.32 Å². The SMILES string of the molecule is CCCNCC1(Cc2c(Cl)c(CC)nn2C)CCOCC1. The van der Waals surface area contributed by atoms with Crippen molar-refractivity contribution in [3.05, 3.63) is 16.4 Å². The lowest BCUT2D eigenvalue weighted by molar-refractivity contribution is 0.0142. The summed E-state index contributed by atoms with van der Waals surface area (Å²) in [5, 5.41) is 9.01. The van der Waals surface area contributed by atoms with Gasteiger partial charge in [0, 0.05) is 26.8 Å². The number of aromatic nitrogens is 2. The largest absolute Gasteiger partial charge is 0.381 e. The molecule has 0 amide bonds. The second kappa shape index (κ2) is 7.61. The number of hydrogen-bond donors (Lipinski definition) is 1. The summed E-state index contributed by atoms with van der Waals surface area (Å²) in [6.45, 7) is 8.11. The van der Waals surface area contributed by atoms with Gasteiger partial charge in [0.15, 0.2) is 0 Å². The number of nitrogens with one attached hydrogen (secondary N) is 1. The monoisotopic (exact) mass is 313 g/mol. The van der Waals surface area contributed by atoms with Gasteiger partial charge < -0.3 is 10.1 Å². The third-order valence-electron chi connectivity index (χ3n) is 4.53. The minimum Gasteiger partial charge on any atom is -0.381 e. The third-order valence-corrected chi connectivity index (χ3v) is 4.96. The molecule has 1 saturated heterocycles. The average Bonchev–Trinajstić information content (AvgIpc) is 2.76. The zero-order valence-electron chi connectivity index (χ0n) is 13.5.